The fourth-order valence-corrected chi connectivity index (χ4v) is 3.90. The molecule has 0 radical (unpaired) electrons. The molecule has 1 aromatic carbocycles. The lowest BCUT2D eigenvalue weighted by Gasteiger charge is -2.12. The van der Waals surface area contributed by atoms with Gasteiger partial charge < -0.3 is 5.11 Å². The van der Waals surface area contributed by atoms with Gasteiger partial charge in [-0.15, -0.1) is 11.3 Å². The Kier molecular flexibility index (Phi) is 5.46. The van der Waals surface area contributed by atoms with Gasteiger partial charge in [0.15, 0.2) is 0 Å². The molecule has 0 aliphatic carbocycles. The van der Waals surface area contributed by atoms with Gasteiger partial charge in [-0.2, -0.15) is 0 Å². The van der Waals surface area contributed by atoms with E-state index in [0.717, 1.165) is 17.5 Å². The van der Waals surface area contributed by atoms with Crippen molar-refractivity contribution < 1.29 is 14.3 Å². The van der Waals surface area contributed by atoms with Crippen molar-refractivity contribution in [3.8, 4) is 11.1 Å². The highest BCUT2D eigenvalue weighted by molar-refractivity contribution is 7.17. The van der Waals surface area contributed by atoms with Crippen molar-refractivity contribution in [2.24, 2.45) is 0 Å². The first kappa shape index (κ1) is 18.3. The number of fused-ring (bicyclic) bond motifs is 1. The minimum absolute atomic E-state index is 0.00446. The highest BCUT2D eigenvalue weighted by atomic mass is 32.1. The molecule has 0 bridgehead atoms. The van der Waals surface area contributed by atoms with Crippen LogP contribution in [0.25, 0.3) is 21.3 Å². The molecule has 0 unspecified atom stereocenters. The third-order valence-corrected chi connectivity index (χ3v) is 5.05. The van der Waals surface area contributed by atoms with Crippen LogP contribution < -0.4 is 5.56 Å². The van der Waals surface area contributed by atoms with Gasteiger partial charge in [0.05, 0.1) is 5.39 Å². The van der Waals surface area contributed by atoms with Gasteiger partial charge in [-0.3, -0.25) is 14.2 Å². The number of hydrogen-bond donors (Lipinski definition) is 1. The van der Waals surface area contributed by atoms with E-state index in [4.69, 9.17) is 5.11 Å². The van der Waals surface area contributed by atoms with Crippen LogP contribution in [0.4, 0.5) is 4.39 Å². The molecular weight excluding hydrogens is 355 g/mol. The molecule has 0 atom stereocenters. The summed E-state index contributed by atoms with van der Waals surface area (Å²) in [6, 6.07) is 6.02. The maximum atomic E-state index is 13.2. The fourth-order valence-electron chi connectivity index (χ4n) is 2.94. The van der Waals surface area contributed by atoms with Crippen molar-refractivity contribution in [2.75, 3.05) is 0 Å². The minimum Gasteiger partial charge on any atom is -0.481 e. The van der Waals surface area contributed by atoms with Crippen molar-refractivity contribution in [3.05, 3.63) is 51.6 Å². The minimum atomic E-state index is -0.883. The predicted octanol–water partition coefficient (Wildman–Crippen LogP) is 4.08. The number of carboxylic acid groups (broad SMARTS) is 1. The van der Waals surface area contributed by atoms with E-state index >= 15 is 0 Å². The molecule has 0 aliphatic rings. The summed E-state index contributed by atoms with van der Waals surface area (Å²) in [7, 11) is 0. The van der Waals surface area contributed by atoms with E-state index in [9.17, 15) is 14.0 Å². The SMILES string of the molecule is CCCc1nc2scc(-c3ccc(F)cc3)c2c(=O)n1CCCC(=O)O. The molecule has 2 aromatic heterocycles. The molecule has 2 heterocycles. The number of carboxylic acids is 1. The Morgan fingerprint density at radius 2 is 2.04 bits per heavy atom. The van der Waals surface area contributed by atoms with E-state index < -0.39 is 5.97 Å². The van der Waals surface area contributed by atoms with Crippen LogP contribution in [0.15, 0.2) is 34.4 Å². The van der Waals surface area contributed by atoms with Gasteiger partial charge >= 0.3 is 5.97 Å². The summed E-state index contributed by atoms with van der Waals surface area (Å²) >= 11 is 1.39. The van der Waals surface area contributed by atoms with Crippen LogP contribution in [-0.4, -0.2) is 20.6 Å². The monoisotopic (exact) mass is 374 g/mol. The lowest BCUT2D eigenvalue weighted by molar-refractivity contribution is -0.137. The number of rotatable bonds is 7. The fraction of sp³-hybridized carbons (Fsp3) is 0.316. The molecular formula is C19H19FN2O3S. The number of nitrogens with zero attached hydrogens (tertiary/aromatic N) is 2. The van der Waals surface area contributed by atoms with E-state index in [1.165, 1.54) is 23.5 Å². The Morgan fingerprint density at radius 1 is 1.31 bits per heavy atom. The van der Waals surface area contributed by atoms with Crippen LogP contribution in [-0.2, 0) is 17.8 Å². The van der Waals surface area contributed by atoms with Gasteiger partial charge in [-0.1, -0.05) is 19.1 Å². The molecule has 0 amide bonds. The Balaban J connectivity index is 2.11. The maximum Gasteiger partial charge on any atom is 0.303 e. The third kappa shape index (κ3) is 3.67. The first-order chi connectivity index (χ1) is 12.5. The molecule has 0 saturated heterocycles. The van der Waals surface area contributed by atoms with E-state index in [1.807, 2.05) is 12.3 Å². The van der Waals surface area contributed by atoms with Gasteiger partial charge in [-0.05, 0) is 30.5 Å². The summed E-state index contributed by atoms with van der Waals surface area (Å²) in [5, 5.41) is 11.2. The smallest absolute Gasteiger partial charge is 0.303 e. The number of aliphatic carboxylic acids is 1. The third-order valence-electron chi connectivity index (χ3n) is 4.17. The van der Waals surface area contributed by atoms with Crippen LogP contribution in [0.1, 0.15) is 32.0 Å². The van der Waals surface area contributed by atoms with Crippen molar-refractivity contribution in [1.29, 1.82) is 0 Å². The number of aryl methyl sites for hydroxylation is 1. The van der Waals surface area contributed by atoms with E-state index in [0.29, 0.717) is 35.4 Å². The lowest BCUT2D eigenvalue weighted by atomic mass is 10.1. The van der Waals surface area contributed by atoms with Gasteiger partial charge in [0, 0.05) is 30.3 Å². The highest BCUT2D eigenvalue weighted by Crippen LogP contribution is 2.31. The Labute approximate surface area is 153 Å². The molecule has 26 heavy (non-hydrogen) atoms. The molecule has 0 saturated carbocycles. The number of carbonyl (C=O) groups is 1. The Hall–Kier alpha value is -2.54. The van der Waals surface area contributed by atoms with E-state index in [2.05, 4.69) is 4.98 Å². The van der Waals surface area contributed by atoms with E-state index in [1.54, 1.807) is 16.7 Å². The van der Waals surface area contributed by atoms with Crippen LogP contribution in [0.5, 0.6) is 0 Å². The largest absolute Gasteiger partial charge is 0.481 e. The van der Waals surface area contributed by atoms with Gasteiger partial charge in [-0.25, -0.2) is 9.37 Å². The molecule has 5 nitrogen and oxygen atoms in total. The second kappa shape index (κ2) is 7.78. The molecule has 1 N–H and O–H groups in total. The maximum absolute atomic E-state index is 13.2. The standard InChI is InChI=1S/C19H19FN2O3S/c1-2-4-15-21-18-17(19(25)22(15)10-3-5-16(23)24)14(11-26-18)12-6-8-13(20)9-7-12/h6-9,11H,2-5,10H2,1H3,(H,23,24). The van der Waals surface area contributed by atoms with Crippen molar-refractivity contribution in [2.45, 2.75) is 39.2 Å². The van der Waals surface area contributed by atoms with Gasteiger partial charge in [0.1, 0.15) is 16.5 Å². The summed E-state index contributed by atoms with van der Waals surface area (Å²) < 4.78 is 14.8. The number of thiophene rings is 1. The van der Waals surface area contributed by atoms with Crippen molar-refractivity contribution in [1.82, 2.24) is 9.55 Å². The van der Waals surface area contributed by atoms with Crippen LogP contribution in [0.3, 0.4) is 0 Å². The van der Waals surface area contributed by atoms with Crippen LogP contribution in [0.2, 0.25) is 0 Å². The average Bonchev–Trinajstić information content (AvgIpc) is 3.02. The second-order valence-electron chi connectivity index (χ2n) is 6.07. The van der Waals surface area contributed by atoms with Crippen molar-refractivity contribution in [3.63, 3.8) is 0 Å². The Morgan fingerprint density at radius 3 is 2.69 bits per heavy atom. The normalized spacial score (nSPS) is 11.2. The van der Waals surface area contributed by atoms with Crippen molar-refractivity contribution >= 4 is 27.5 Å². The van der Waals surface area contributed by atoms with Crippen LogP contribution >= 0.6 is 11.3 Å². The average molecular weight is 374 g/mol. The number of halogens is 1. The molecule has 3 rings (SSSR count). The van der Waals surface area contributed by atoms with Crippen LogP contribution in [0, 0.1) is 5.82 Å². The summed E-state index contributed by atoms with van der Waals surface area (Å²) in [5.41, 5.74) is 1.33. The van der Waals surface area contributed by atoms with E-state index in [-0.39, 0.29) is 17.8 Å². The molecule has 0 spiro atoms. The first-order valence-electron chi connectivity index (χ1n) is 8.50. The first-order valence-corrected chi connectivity index (χ1v) is 9.38. The van der Waals surface area contributed by atoms with Gasteiger partial charge in [0.25, 0.3) is 5.56 Å². The second-order valence-corrected chi connectivity index (χ2v) is 6.93. The molecule has 3 aromatic rings. The number of aromatic nitrogens is 2. The summed E-state index contributed by atoms with van der Waals surface area (Å²) in [6.45, 7) is 2.33. The summed E-state index contributed by atoms with van der Waals surface area (Å²) in [6.07, 6.45) is 1.87. The number of hydrogen-bond acceptors (Lipinski definition) is 4. The summed E-state index contributed by atoms with van der Waals surface area (Å²) in [4.78, 5) is 29.2. The molecule has 136 valence electrons. The highest BCUT2D eigenvalue weighted by Gasteiger charge is 2.17. The Bertz CT molecular complexity index is 992. The zero-order valence-electron chi connectivity index (χ0n) is 14.4. The topological polar surface area (TPSA) is 72.2 Å². The predicted molar refractivity (Wildman–Crippen MR) is 100 cm³/mol. The summed E-state index contributed by atoms with van der Waals surface area (Å²) in [5.74, 6) is -0.530. The zero-order chi connectivity index (χ0) is 18.7. The number of benzene rings is 1. The molecule has 0 fully saturated rings. The molecule has 0 aliphatic heterocycles. The quantitative estimate of drug-likeness (QED) is 0.676. The zero-order valence-corrected chi connectivity index (χ0v) is 15.2. The van der Waals surface area contributed by atoms with Gasteiger partial charge in [0.2, 0.25) is 0 Å². The molecule has 7 heteroatoms. The lowest BCUT2D eigenvalue weighted by Crippen LogP contribution is -2.25.